The Morgan fingerprint density at radius 1 is 1.10 bits per heavy atom. The molecule has 0 saturated heterocycles. The molecule has 0 aromatic heterocycles. The van der Waals surface area contributed by atoms with E-state index < -0.39 is 0 Å². The van der Waals surface area contributed by atoms with Crippen molar-refractivity contribution in [2.45, 2.75) is 13.3 Å². The smallest absolute Gasteiger partial charge is 0.126 e. The van der Waals surface area contributed by atoms with Gasteiger partial charge in [0.05, 0.1) is 12.8 Å². The van der Waals surface area contributed by atoms with Gasteiger partial charge in [-0.15, -0.1) is 5.10 Å². The quantitative estimate of drug-likeness (QED) is 0.909. The topological polar surface area (TPSA) is 60.0 Å². The lowest BCUT2D eigenvalue weighted by molar-refractivity contribution is 0.420. The summed E-state index contributed by atoms with van der Waals surface area (Å²) in [6.07, 6.45) is 0.749. The number of rotatable bonds is 2. The molecular weight excluding hydrogens is 250 g/mol. The number of methoxy groups -OCH3 is 1. The van der Waals surface area contributed by atoms with Gasteiger partial charge in [0, 0.05) is 23.3 Å². The molecule has 0 saturated carbocycles. The lowest BCUT2D eigenvalue weighted by atomic mass is 9.90. The van der Waals surface area contributed by atoms with E-state index in [9.17, 15) is 0 Å². The molecule has 3 rings (SSSR count). The van der Waals surface area contributed by atoms with E-state index in [0.29, 0.717) is 5.84 Å². The average molecular weight is 267 g/mol. The highest BCUT2D eigenvalue weighted by atomic mass is 16.5. The van der Waals surface area contributed by atoms with Gasteiger partial charge in [-0.05, 0) is 17.5 Å². The first-order chi connectivity index (χ1) is 9.70. The molecule has 20 heavy (non-hydrogen) atoms. The maximum Gasteiger partial charge on any atom is 0.126 e. The molecule has 1 heterocycles. The molecule has 1 aliphatic rings. The SMILES string of the molecule is COc1ccc(C2=NN=C(N)CC2C)c2ccccc12. The highest BCUT2D eigenvalue weighted by Gasteiger charge is 2.20. The summed E-state index contributed by atoms with van der Waals surface area (Å²) in [5.74, 6) is 1.74. The van der Waals surface area contributed by atoms with Gasteiger partial charge >= 0.3 is 0 Å². The van der Waals surface area contributed by atoms with Crippen molar-refractivity contribution in [3.05, 3.63) is 42.0 Å². The Morgan fingerprint density at radius 2 is 1.85 bits per heavy atom. The minimum Gasteiger partial charge on any atom is -0.496 e. The molecule has 0 bridgehead atoms. The van der Waals surface area contributed by atoms with Crippen molar-refractivity contribution in [3.8, 4) is 5.75 Å². The highest BCUT2D eigenvalue weighted by molar-refractivity contribution is 6.14. The summed E-state index contributed by atoms with van der Waals surface area (Å²) in [5, 5.41) is 10.6. The molecule has 0 amide bonds. The Hall–Kier alpha value is -2.36. The van der Waals surface area contributed by atoms with Crippen LogP contribution in [-0.2, 0) is 0 Å². The van der Waals surface area contributed by atoms with E-state index >= 15 is 0 Å². The van der Waals surface area contributed by atoms with Crippen molar-refractivity contribution in [3.63, 3.8) is 0 Å². The van der Waals surface area contributed by atoms with E-state index in [2.05, 4.69) is 29.3 Å². The second-order valence-corrected chi connectivity index (χ2v) is 5.04. The molecule has 4 nitrogen and oxygen atoms in total. The fraction of sp³-hybridized carbons (Fsp3) is 0.250. The number of benzene rings is 2. The van der Waals surface area contributed by atoms with Crippen molar-refractivity contribution in [2.75, 3.05) is 7.11 Å². The van der Waals surface area contributed by atoms with Gasteiger partial charge in [-0.3, -0.25) is 0 Å². The van der Waals surface area contributed by atoms with Gasteiger partial charge < -0.3 is 10.5 Å². The van der Waals surface area contributed by atoms with Crippen LogP contribution >= 0.6 is 0 Å². The van der Waals surface area contributed by atoms with Crippen LogP contribution in [0.1, 0.15) is 18.9 Å². The highest BCUT2D eigenvalue weighted by Crippen LogP contribution is 2.31. The third kappa shape index (κ3) is 2.03. The lowest BCUT2D eigenvalue weighted by Gasteiger charge is -2.19. The van der Waals surface area contributed by atoms with E-state index in [4.69, 9.17) is 10.5 Å². The number of nitrogens with zero attached hydrogens (tertiary/aromatic N) is 2. The first kappa shape index (κ1) is 12.7. The predicted molar refractivity (Wildman–Crippen MR) is 82.4 cm³/mol. The van der Waals surface area contributed by atoms with Gasteiger partial charge in [-0.1, -0.05) is 31.2 Å². The van der Waals surface area contributed by atoms with Crippen LogP contribution in [0.5, 0.6) is 5.75 Å². The van der Waals surface area contributed by atoms with Crippen LogP contribution in [0.4, 0.5) is 0 Å². The van der Waals surface area contributed by atoms with Crippen LogP contribution in [0.25, 0.3) is 10.8 Å². The number of ether oxygens (including phenoxy) is 1. The number of fused-ring (bicyclic) bond motifs is 1. The van der Waals surface area contributed by atoms with Crippen molar-refractivity contribution in [2.24, 2.45) is 21.9 Å². The molecular formula is C16H17N3O. The van der Waals surface area contributed by atoms with Crippen molar-refractivity contribution in [1.82, 2.24) is 0 Å². The molecule has 1 atom stereocenters. The molecule has 4 heteroatoms. The van der Waals surface area contributed by atoms with E-state index in [0.717, 1.165) is 34.2 Å². The molecule has 0 fully saturated rings. The van der Waals surface area contributed by atoms with E-state index in [1.165, 1.54) is 0 Å². The van der Waals surface area contributed by atoms with Gasteiger partial charge in [0.1, 0.15) is 11.6 Å². The van der Waals surface area contributed by atoms with Gasteiger partial charge in [0.15, 0.2) is 0 Å². The summed E-state index contributed by atoms with van der Waals surface area (Å²) in [6, 6.07) is 12.2. The first-order valence-corrected chi connectivity index (χ1v) is 6.66. The zero-order valence-electron chi connectivity index (χ0n) is 11.6. The van der Waals surface area contributed by atoms with Crippen LogP contribution in [0.2, 0.25) is 0 Å². The van der Waals surface area contributed by atoms with Crippen molar-refractivity contribution >= 4 is 22.3 Å². The molecule has 2 aromatic rings. The van der Waals surface area contributed by atoms with Crippen molar-refractivity contribution < 1.29 is 4.74 Å². The maximum absolute atomic E-state index is 5.75. The third-order valence-electron chi connectivity index (χ3n) is 3.65. The molecule has 0 radical (unpaired) electrons. The Bertz CT molecular complexity index is 719. The largest absolute Gasteiger partial charge is 0.496 e. The second-order valence-electron chi connectivity index (χ2n) is 5.04. The van der Waals surface area contributed by atoms with Gasteiger partial charge in [-0.25, -0.2) is 0 Å². The zero-order chi connectivity index (χ0) is 14.1. The standard InChI is InChI=1S/C16H17N3O/c1-10-9-15(17)18-19-16(10)13-7-8-14(20-2)12-6-4-3-5-11(12)13/h3-8,10H,9H2,1-2H3,(H2,17,18). The Labute approximate surface area is 118 Å². The Kier molecular flexibility index (Phi) is 3.14. The number of nitrogens with two attached hydrogens (primary N) is 1. The van der Waals surface area contributed by atoms with Crippen LogP contribution in [0.3, 0.4) is 0 Å². The Morgan fingerprint density at radius 3 is 2.55 bits per heavy atom. The van der Waals surface area contributed by atoms with Crippen LogP contribution in [-0.4, -0.2) is 18.7 Å². The molecule has 0 aliphatic carbocycles. The summed E-state index contributed by atoms with van der Waals surface area (Å²) >= 11 is 0. The minimum atomic E-state index is 0.268. The van der Waals surface area contributed by atoms with E-state index in [1.54, 1.807) is 7.11 Å². The molecule has 1 aliphatic heterocycles. The molecule has 0 spiro atoms. The number of hydrogen-bond donors (Lipinski definition) is 1. The number of hydrogen-bond acceptors (Lipinski definition) is 4. The minimum absolute atomic E-state index is 0.268. The van der Waals surface area contributed by atoms with Gasteiger partial charge in [-0.2, -0.15) is 5.10 Å². The van der Waals surface area contributed by atoms with E-state index in [-0.39, 0.29) is 5.92 Å². The molecule has 102 valence electrons. The van der Waals surface area contributed by atoms with Crippen LogP contribution in [0, 0.1) is 5.92 Å². The average Bonchev–Trinajstić information content (AvgIpc) is 2.47. The maximum atomic E-state index is 5.75. The lowest BCUT2D eigenvalue weighted by Crippen LogP contribution is -2.25. The summed E-state index contributed by atoms with van der Waals surface area (Å²) < 4.78 is 5.43. The molecule has 2 aromatic carbocycles. The van der Waals surface area contributed by atoms with Crippen LogP contribution < -0.4 is 10.5 Å². The van der Waals surface area contributed by atoms with E-state index in [1.807, 2.05) is 24.3 Å². The fourth-order valence-electron chi connectivity index (χ4n) is 2.66. The van der Waals surface area contributed by atoms with Crippen molar-refractivity contribution in [1.29, 1.82) is 0 Å². The summed E-state index contributed by atoms with van der Waals surface area (Å²) in [5.41, 5.74) is 7.83. The predicted octanol–water partition coefficient (Wildman–Crippen LogP) is 2.95. The normalized spacial score (nSPS) is 18.6. The van der Waals surface area contributed by atoms with Gasteiger partial charge in [0.25, 0.3) is 0 Å². The third-order valence-corrected chi connectivity index (χ3v) is 3.65. The summed E-state index contributed by atoms with van der Waals surface area (Å²) in [6.45, 7) is 2.12. The monoisotopic (exact) mass is 267 g/mol. The van der Waals surface area contributed by atoms with Crippen LogP contribution in [0.15, 0.2) is 46.6 Å². The molecule has 1 unspecified atom stereocenters. The fourth-order valence-corrected chi connectivity index (χ4v) is 2.66. The number of amidine groups is 1. The zero-order valence-corrected chi connectivity index (χ0v) is 11.6. The summed E-state index contributed by atoms with van der Waals surface area (Å²) in [4.78, 5) is 0. The first-order valence-electron chi connectivity index (χ1n) is 6.66. The summed E-state index contributed by atoms with van der Waals surface area (Å²) in [7, 11) is 1.69. The Balaban J connectivity index is 2.23. The molecule has 2 N–H and O–H groups in total. The van der Waals surface area contributed by atoms with Gasteiger partial charge in [0.2, 0.25) is 0 Å². The second kappa shape index (κ2) is 4.96.